The minimum absolute atomic E-state index is 0.234. The Balaban J connectivity index is 1.53. The van der Waals surface area contributed by atoms with Crippen molar-refractivity contribution < 1.29 is 4.79 Å². The highest BCUT2D eigenvalue weighted by Crippen LogP contribution is 2.33. The maximum absolute atomic E-state index is 12.5. The number of nitrogens with one attached hydrogen (secondary N) is 1. The highest BCUT2D eigenvalue weighted by atomic mass is 16.1. The number of aryl methyl sites for hydroxylation is 1. The van der Waals surface area contributed by atoms with Gasteiger partial charge < -0.3 is 15.1 Å². The number of aromatic nitrogens is 5. The molecule has 0 saturated carbocycles. The van der Waals surface area contributed by atoms with Gasteiger partial charge in [-0.2, -0.15) is 5.10 Å². The van der Waals surface area contributed by atoms with E-state index in [1.807, 2.05) is 25.5 Å². The summed E-state index contributed by atoms with van der Waals surface area (Å²) >= 11 is 0. The Morgan fingerprint density at radius 1 is 1.03 bits per heavy atom. The van der Waals surface area contributed by atoms with E-state index in [2.05, 4.69) is 43.3 Å². The van der Waals surface area contributed by atoms with Crippen molar-refractivity contribution >= 4 is 28.3 Å². The van der Waals surface area contributed by atoms with Gasteiger partial charge in [0.2, 0.25) is 0 Å². The van der Waals surface area contributed by atoms with Gasteiger partial charge in [0.15, 0.2) is 0 Å². The Morgan fingerprint density at radius 3 is 2.67 bits per heavy atom. The molecule has 1 aliphatic rings. The highest BCUT2D eigenvalue weighted by Gasteiger charge is 2.20. The van der Waals surface area contributed by atoms with E-state index in [-0.39, 0.29) is 5.91 Å². The van der Waals surface area contributed by atoms with Gasteiger partial charge in [-0.25, -0.2) is 9.97 Å². The highest BCUT2D eigenvalue weighted by molar-refractivity contribution is 6.04. The summed E-state index contributed by atoms with van der Waals surface area (Å²) in [7, 11) is 4.07. The smallest absolute Gasteiger partial charge is 0.256 e. The van der Waals surface area contributed by atoms with Crippen molar-refractivity contribution in [2.24, 2.45) is 7.05 Å². The van der Waals surface area contributed by atoms with Crippen molar-refractivity contribution in [3.05, 3.63) is 60.8 Å². The summed E-state index contributed by atoms with van der Waals surface area (Å²) in [6.07, 6.45) is 9.87. The summed E-state index contributed by atoms with van der Waals surface area (Å²) in [5.41, 5.74) is 4.23. The van der Waals surface area contributed by atoms with Crippen LogP contribution in [-0.2, 0) is 7.05 Å². The van der Waals surface area contributed by atoms with Crippen molar-refractivity contribution in [3.63, 3.8) is 0 Å². The van der Waals surface area contributed by atoms with Gasteiger partial charge in [-0.15, -0.1) is 0 Å². The SMILES string of the molecule is CN1CCCN(c2cc3cnc(NC(=O)c4ccncc4)cc3nc2-c2cnn(C)c2)CC1. The predicted octanol–water partition coefficient (Wildman–Crippen LogP) is 2.82. The number of likely N-dealkylation sites (N-methyl/N-ethyl adjacent to an activating group) is 1. The number of anilines is 2. The second-order valence-electron chi connectivity index (χ2n) is 8.35. The zero-order chi connectivity index (χ0) is 22.8. The molecule has 4 aromatic heterocycles. The Hall–Kier alpha value is -3.85. The molecule has 33 heavy (non-hydrogen) atoms. The lowest BCUT2D eigenvalue weighted by molar-refractivity contribution is 0.102. The molecule has 1 amide bonds. The first kappa shape index (κ1) is 21.0. The van der Waals surface area contributed by atoms with Crippen LogP contribution < -0.4 is 10.2 Å². The second kappa shape index (κ2) is 8.95. The number of hydrogen-bond acceptors (Lipinski definition) is 7. The summed E-state index contributed by atoms with van der Waals surface area (Å²) in [5, 5.41) is 8.14. The van der Waals surface area contributed by atoms with E-state index < -0.39 is 0 Å². The average Bonchev–Trinajstić information content (AvgIpc) is 3.15. The number of fused-ring (bicyclic) bond motifs is 1. The van der Waals surface area contributed by atoms with Crippen LogP contribution in [0.4, 0.5) is 11.5 Å². The number of carbonyl (C=O) groups is 1. The van der Waals surface area contributed by atoms with Crippen molar-refractivity contribution in [2.45, 2.75) is 6.42 Å². The van der Waals surface area contributed by atoms with E-state index in [0.29, 0.717) is 11.4 Å². The normalized spacial score (nSPS) is 14.9. The van der Waals surface area contributed by atoms with Gasteiger partial charge in [0.1, 0.15) is 5.82 Å². The fraction of sp³-hybridized carbons (Fsp3) is 0.292. The first-order valence-electron chi connectivity index (χ1n) is 11.0. The summed E-state index contributed by atoms with van der Waals surface area (Å²) in [6.45, 7) is 3.99. The van der Waals surface area contributed by atoms with Crippen LogP contribution in [0, 0.1) is 0 Å². The second-order valence-corrected chi connectivity index (χ2v) is 8.35. The topological polar surface area (TPSA) is 92.1 Å². The van der Waals surface area contributed by atoms with Crippen LogP contribution in [0.15, 0.2) is 55.2 Å². The van der Waals surface area contributed by atoms with Crippen LogP contribution >= 0.6 is 0 Å². The Labute approximate surface area is 192 Å². The molecule has 0 radical (unpaired) electrons. The molecule has 0 atom stereocenters. The van der Waals surface area contributed by atoms with Gasteiger partial charge in [0.05, 0.1) is 23.1 Å². The number of nitrogens with zero attached hydrogens (tertiary/aromatic N) is 7. The third-order valence-corrected chi connectivity index (χ3v) is 5.90. The maximum atomic E-state index is 12.5. The van der Waals surface area contributed by atoms with Crippen LogP contribution in [0.5, 0.6) is 0 Å². The lowest BCUT2D eigenvalue weighted by Gasteiger charge is -2.25. The molecule has 1 N–H and O–H groups in total. The Kier molecular flexibility index (Phi) is 5.70. The standard InChI is InChI=1S/C24H26N8O/c1-30-8-3-9-32(11-10-30)21-12-18-14-26-22(29-24(33)17-4-6-25-7-5-17)13-20(18)28-23(21)19-15-27-31(2)16-19/h4-7,12-16H,3,8-11H2,1-2H3,(H,26,29,33). The molecule has 0 aromatic carbocycles. The van der Waals surface area contributed by atoms with Crippen molar-refractivity contribution in [1.82, 2.24) is 29.6 Å². The van der Waals surface area contributed by atoms with E-state index in [1.165, 1.54) is 0 Å². The van der Waals surface area contributed by atoms with E-state index in [4.69, 9.17) is 4.98 Å². The molecule has 0 bridgehead atoms. The number of carbonyl (C=O) groups excluding carboxylic acids is 1. The number of hydrogen-bond donors (Lipinski definition) is 1. The van der Waals surface area contributed by atoms with Gasteiger partial charge in [-0.05, 0) is 38.2 Å². The zero-order valence-electron chi connectivity index (χ0n) is 18.8. The van der Waals surface area contributed by atoms with Gasteiger partial charge in [0.25, 0.3) is 5.91 Å². The third kappa shape index (κ3) is 4.54. The minimum atomic E-state index is -0.234. The Bertz CT molecular complexity index is 1290. The molecular formula is C24H26N8O. The average molecular weight is 443 g/mol. The van der Waals surface area contributed by atoms with E-state index in [9.17, 15) is 4.79 Å². The molecule has 0 spiro atoms. The van der Waals surface area contributed by atoms with Crippen LogP contribution in [0.25, 0.3) is 22.2 Å². The Morgan fingerprint density at radius 2 is 1.88 bits per heavy atom. The minimum Gasteiger partial charge on any atom is -0.368 e. The summed E-state index contributed by atoms with van der Waals surface area (Å²) in [6, 6.07) is 7.30. The molecule has 168 valence electrons. The van der Waals surface area contributed by atoms with Crippen LogP contribution in [0.2, 0.25) is 0 Å². The number of pyridine rings is 3. The zero-order valence-corrected chi connectivity index (χ0v) is 18.8. The van der Waals surface area contributed by atoms with Crippen LogP contribution in [-0.4, -0.2) is 68.8 Å². The summed E-state index contributed by atoms with van der Waals surface area (Å²) in [5.74, 6) is 0.222. The van der Waals surface area contributed by atoms with Crippen LogP contribution in [0.3, 0.4) is 0 Å². The quantitative estimate of drug-likeness (QED) is 0.520. The molecule has 0 unspecified atom stereocenters. The predicted molar refractivity (Wildman–Crippen MR) is 128 cm³/mol. The lowest BCUT2D eigenvalue weighted by atomic mass is 10.1. The molecular weight excluding hydrogens is 416 g/mol. The molecule has 5 heterocycles. The van der Waals surface area contributed by atoms with Gasteiger partial charge >= 0.3 is 0 Å². The first-order valence-corrected chi connectivity index (χ1v) is 11.0. The molecule has 9 heteroatoms. The van der Waals surface area contributed by atoms with Crippen molar-refractivity contribution in [2.75, 3.05) is 43.4 Å². The molecule has 1 aliphatic heterocycles. The number of rotatable bonds is 4. The van der Waals surface area contributed by atoms with Crippen LogP contribution in [0.1, 0.15) is 16.8 Å². The molecule has 4 aromatic rings. The van der Waals surface area contributed by atoms with Crippen molar-refractivity contribution in [1.29, 1.82) is 0 Å². The van der Waals surface area contributed by atoms with Gasteiger partial charge in [0, 0.05) is 74.0 Å². The van der Waals surface area contributed by atoms with Crippen molar-refractivity contribution in [3.8, 4) is 11.3 Å². The molecule has 1 saturated heterocycles. The first-order chi connectivity index (χ1) is 16.1. The van der Waals surface area contributed by atoms with E-state index >= 15 is 0 Å². The molecule has 9 nitrogen and oxygen atoms in total. The lowest BCUT2D eigenvalue weighted by Crippen LogP contribution is -2.29. The fourth-order valence-corrected chi connectivity index (χ4v) is 4.10. The van der Waals surface area contributed by atoms with Gasteiger partial charge in [-0.3, -0.25) is 14.5 Å². The number of amides is 1. The summed E-state index contributed by atoms with van der Waals surface area (Å²) in [4.78, 5) is 30.7. The maximum Gasteiger partial charge on any atom is 0.256 e. The summed E-state index contributed by atoms with van der Waals surface area (Å²) < 4.78 is 1.79. The molecule has 5 rings (SSSR count). The fourth-order valence-electron chi connectivity index (χ4n) is 4.10. The van der Waals surface area contributed by atoms with E-state index in [0.717, 1.165) is 60.4 Å². The largest absolute Gasteiger partial charge is 0.368 e. The van der Waals surface area contributed by atoms with E-state index in [1.54, 1.807) is 35.4 Å². The van der Waals surface area contributed by atoms with Gasteiger partial charge in [-0.1, -0.05) is 0 Å². The molecule has 1 fully saturated rings. The third-order valence-electron chi connectivity index (χ3n) is 5.90. The molecule has 0 aliphatic carbocycles. The monoisotopic (exact) mass is 442 g/mol.